The number of nitrogens with zero attached hydrogens (tertiary/aromatic N) is 3. The van der Waals surface area contributed by atoms with Crippen molar-refractivity contribution in [3.05, 3.63) is 100 Å². The smallest absolute Gasteiger partial charge is 0.142 e. The van der Waals surface area contributed by atoms with Crippen molar-refractivity contribution in [1.29, 1.82) is 0 Å². The Morgan fingerprint density at radius 1 is 0.774 bits per heavy atom. The van der Waals surface area contributed by atoms with Gasteiger partial charge in [-0.25, -0.2) is 0 Å². The molecule has 0 N–H and O–H groups in total. The molecule has 0 bridgehead atoms. The van der Waals surface area contributed by atoms with Crippen LogP contribution in [0.5, 0.6) is 0 Å². The van der Waals surface area contributed by atoms with Crippen molar-refractivity contribution < 1.29 is 4.84 Å². The lowest BCUT2D eigenvalue weighted by atomic mass is 10.1. The molecule has 0 atom stereocenters. The van der Waals surface area contributed by atoms with Gasteiger partial charge in [0.2, 0.25) is 0 Å². The van der Waals surface area contributed by atoms with Crippen molar-refractivity contribution in [2.75, 3.05) is 37.6 Å². The summed E-state index contributed by atoms with van der Waals surface area (Å²) in [4.78, 5) is 10.5. The lowest BCUT2D eigenvalue weighted by molar-refractivity contribution is 0.129. The van der Waals surface area contributed by atoms with Crippen molar-refractivity contribution in [1.82, 2.24) is 4.90 Å². The first-order valence-corrected chi connectivity index (χ1v) is 11.1. The van der Waals surface area contributed by atoms with E-state index in [0.717, 1.165) is 59.6 Å². The van der Waals surface area contributed by atoms with Crippen molar-refractivity contribution >= 4 is 34.6 Å². The Kier molecular flexibility index (Phi) is 7.47. The van der Waals surface area contributed by atoms with Gasteiger partial charge in [0.1, 0.15) is 12.3 Å². The Balaban J connectivity index is 1.38. The molecule has 0 aliphatic carbocycles. The summed E-state index contributed by atoms with van der Waals surface area (Å²) in [5, 5.41) is 5.99. The minimum Gasteiger partial charge on any atom is -0.391 e. The number of piperazine rings is 1. The molecule has 4 nitrogen and oxygen atoms in total. The van der Waals surface area contributed by atoms with E-state index in [1.165, 1.54) is 5.69 Å². The SMILES string of the molecule is Clc1ccc(CON=C(CN2CCN(c3ccc(Cl)cc3)CC2)c2ccccc2)cc1. The number of hydrogen-bond donors (Lipinski definition) is 0. The van der Waals surface area contributed by atoms with Crippen LogP contribution in [0.4, 0.5) is 5.69 Å². The summed E-state index contributed by atoms with van der Waals surface area (Å²) in [5.74, 6) is 0. The van der Waals surface area contributed by atoms with Crippen molar-refractivity contribution in [2.24, 2.45) is 5.16 Å². The van der Waals surface area contributed by atoms with Crippen molar-refractivity contribution in [3.8, 4) is 0 Å². The predicted octanol–water partition coefficient (Wildman–Crippen LogP) is 5.74. The van der Waals surface area contributed by atoms with Gasteiger partial charge in [0.05, 0.1) is 0 Å². The van der Waals surface area contributed by atoms with Crippen LogP contribution in [-0.4, -0.2) is 43.3 Å². The van der Waals surface area contributed by atoms with Gasteiger partial charge in [-0.1, -0.05) is 70.8 Å². The Hall–Kier alpha value is -2.53. The summed E-state index contributed by atoms with van der Waals surface area (Å²) < 4.78 is 0. The second-order valence-electron chi connectivity index (χ2n) is 7.54. The highest BCUT2D eigenvalue weighted by Gasteiger charge is 2.19. The molecule has 0 saturated carbocycles. The number of anilines is 1. The molecule has 0 radical (unpaired) electrons. The zero-order valence-corrected chi connectivity index (χ0v) is 18.8. The summed E-state index contributed by atoms with van der Waals surface area (Å²) in [6.45, 7) is 5.03. The van der Waals surface area contributed by atoms with Crippen LogP contribution in [0.15, 0.2) is 84.0 Å². The second-order valence-corrected chi connectivity index (χ2v) is 8.42. The summed E-state index contributed by atoms with van der Waals surface area (Å²) in [7, 11) is 0. The minimum absolute atomic E-state index is 0.415. The first-order valence-electron chi connectivity index (χ1n) is 10.4. The van der Waals surface area contributed by atoms with E-state index in [1.807, 2.05) is 54.6 Å². The lowest BCUT2D eigenvalue weighted by Crippen LogP contribution is -2.48. The summed E-state index contributed by atoms with van der Waals surface area (Å²) in [5.41, 5.74) is 4.28. The first kappa shape index (κ1) is 21.7. The van der Waals surface area contributed by atoms with E-state index in [0.29, 0.717) is 6.61 Å². The molecule has 1 saturated heterocycles. The summed E-state index contributed by atoms with van der Waals surface area (Å²) >= 11 is 12.0. The fourth-order valence-electron chi connectivity index (χ4n) is 3.60. The Bertz CT molecular complexity index is 984. The van der Waals surface area contributed by atoms with Crippen molar-refractivity contribution in [3.63, 3.8) is 0 Å². The summed E-state index contributed by atoms with van der Waals surface area (Å²) in [6, 6.07) is 25.9. The van der Waals surface area contributed by atoms with Gasteiger partial charge in [-0.3, -0.25) is 4.90 Å². The highest BCUT2D eigenvalue weighted by Crippen LogP contribution is 2.20. The third-order valence-corrected chi connectivity index (χ3v) is 5.87. The standard InChI is InChI=1S/C25H25Cl2N3O/c26-22-8-6-20(7-9-22)19-31-28-25(21-4-2-1-3-5-21)18-29-14-16-30(17-15-29)24-12-10-23(27)11-13-24/h1-13H,14-19H2. The predicted molar refractivity (Wildman–Crippen MR) is 129 cm³/mol. The number of halogens is 2. The highest BCUT2D eigenvalue weighted by molar-refractivity contribution is 6.30. The van der Waals surface area contributed by atoms with Crippen LogP contribution in [-0.2, 0) is 11.4 Å². The molecule has 1 heterocycles. The van der Waals surface area contributed by atoms with E-state index in [9.17, 15) is 0 Å². The quantitative estimate of drug-likeness (QED) is 0.337. The lowest BCUT2D eigenvalue weighted by Gasteiger charge is -2.36. The third-order valence-electron chi connectivity index (χ3n) is 5.36. The number of rotatable bonds is 7. The second kappa shape index (κ2) is 10.7. The molecule has 160 valence electrons. The van der Waals surface area contributed by atoms with E-state index in [-0.39, 0.29) is 0 Å². The van der Waals surface area contributed by atoms with Crippen LogP contribution < -0.4 is 4.90 Å². The molecule has 1 fully saturated rings. The van der Waals surface area contributed by atoms with E-state index >= 15 is 0 Å². The molecule has 0 spiro atoms. The molecule has 6 heteroatoms. The molecule has 1 aliphatic rings. The molecule has 1 aliphatic heterocycles. The zero-order valence-electron chi connectivity index (χ0n) is 17.3. The summed E-state index contributed by atoms with van der Waals surface area (Å²) in [6.07, 6.45) is 0. The van der Waals surface area contributed by atoms with E-state index in [1.54, 1.807) is 0 Å². The number of oxime groups is 1. The first-order chi connectivity index (χ1) is 15.2. The molecule has 3 aromatic rings. The van der Waals surface area contributed by atoms with Gasteiger partial charge in [-0.15, -0.1) is 0 Å². The van der Waals surface area contributed by atoms with Gasteiger partial charge in [0.15, 0.2) is 0 Å². The topological polar surface area (TPSA) is 28.1 Å². The maximum absolute atomic E-state index is 6.02. The van der Waals surface area contributed by atoms with Crippen LogP contribution in [0.2, 0.25) is 10.0 Å². The van der Waals surface area contributed by atoms with Gasteiger partial charge in [-0.2, -0.15) is 0 Å². The highest BCUT2D eigenvalue weighted by atomic mass is 35.5. The van der Waals surface area contributed by atoms with E-state index in [4.69, 9.17) is 28.0 Å². The molecule has 31 heavy (non-hydrogen) atoms. The van der Waals surface area contributed by atoms with Crippen LogP contribution in [0.1, 0.15) is 11.1 Å². The molecule has 3 aromatic carbocycles. The van der Waals surface area contributed by atoms with Gasteiger partial charge < -0.3 is 9.74 Å². The number of benzene rings is 3. The van der Waals surface area contributed by atoms with Gasteiger partial charge in [0.25, 0.3) is 0 Å². The molecule has 0 amide bonds. The third kappa shape index (κ3) is 6.23. The van der Waals surface area contributed by atoms with Gasteiger partial charge in [0, 0.05) is 54.0 Å². The molecular formula is C25H25Cl2N3O. The minimum atomic E-state index is 0.415. The molecule has 0 aromatic heterocycles. The van der Waals surface area contributed by atoms with Crippen LogP contribution in [0.3, 0.4) is 0 Å². The normalized spacial score (nSPS) is 15.2. The molecule has 4 rings (SSSR count). The molecular weight excluding hydrogens is 429 g/mol. The fourth-order valence-corrected chi connectivity index (χ4v) is 3.85. The van der Waals surface area contributed by atoms with Crippen LogP contribution in [0.25, 0.3) is 0 Å². The Morgan fingerprint density at radius 2 is 1.39 bits per heavy atom. The zero-order chi connectivity index (χ0) is 21.5. The van der Waals surface area contributed by atoms with Crippen LogP contribution >= 0.6 is 23.2 Å². The number of hydrogen-bond acceptors (Lipinski definition) is 4. The average molecular weight is 454 g/mol. The maximum Gasteiger partial charge on any atom is 0.142 e. The van der Waals surface area contributed by atoms with Crippen LogP contribution in [0, 0.1) is 0 Å². The average Bonchev–Trinajstić information content (AvgIpc) is 2.81. The maximum atomic E-state index is 6.02. The Labute approximate surface area is 193 Å². The molecule has 0 unspecified atom stereocenters. The van der Waals surface area contributed by atoms with E-state index in [2.05, 4.69) is 39.2 Å². The monoisotopic (exact) mass is 453 g/mol. The van der Waals surface area contributed by atoms with Crippen molar-refractivity contribution in [2.45, 2.75) is 6.61 Å². The Morgan fingerprint density at radius 3 is 2.03 bits per heavy atom. The van der Waals surface area contributed by atoms with Gasteiger partial charge in [-0.05, 0) is 42.0 Å². The largest absolute Gasteiger partial charge is 0.391 e. The van der Waals surface area contributed by atoms with E-state index < -0.39 is 0 Å². The van der Waals surface area contributed by atoms with Gasteiger partial charge >= 0.3 is 0 Å². The fraction of sp³-hybridized carbons (Fsp3) is 0.240.